The smallest absolute Gasteiger partial charge is 0.190 e. The van der Waals surface area contributed by atoms with Crippen LogP contribution in [0.25, 0.3) is 10.2 Å². The second-order valence-corrected chi connectivity index (χ2v) is 7.09. The van der Waals surface area contributed by atoms with Crippen LogP contribution in [0.1, 0.15) is 43.0 Å². The molecule has 0 spiro atoms. The van der Waals surface area contributed by atoms with E-state index in [-0.39, 0.29) is 0 Å². The first kappa shape index (κ1) is 14.1. The summed E-state index contributed by atoms with van der Waals surface area (Å²) in [6.45, 7) is 3.22. The zero-order valence-corrected chi connectivity index (χ0v) is 13.8. The minimum Gasteiger partial charge on any atom is -0.369 e. The molecule has 0 bridgehead atoms. The van der Waals surface area contributed by atoms with Gasteiger partial charge in [-0.3, -0.25) is 0 Å². The molecule has 2 aromatic rings. The molecular weight excluding hydrogens is 286 g/mol. The highest BCUT2D eigenvalue weighted by molar-refractivity contribution is 7.98. The van der Waals surface area contributed by atoms with Gasteiger partial charge in [-0.2, -0.15) is 0 Å². The van der Waals surface area contributed by atoms with Gasteiger partial charge in [0.25, 0.3) is 0 Å². The molecule has 3 rings (SSSR count). The molecule has 0 saturated heterocycles. The number of aryl methyl sites for hydroxylation is 2. The molecule has 0 aromatic carbocycles. The van der Waals surface area contributed by atoms with Crippen LogP contribution in [0.2, 0.25) is 0 Å². The van der Waals surface area contributed by atoms with E-state index in [2.05, 4.69) is 12.2 Å². The van der Waals surface area contributed by atoms with Crippen molar-refractivity contribution < 1.29 is 0 Å². The summed E-state index contributed by atoms with van der Waals surface area (Å²) in [7, 11) is 0. The summed E-state index contributed by atoms with van der Waals surface area (Å²) in [5.74, 6) is 1.06. The van der Waals surface area contributed by atoms with Crippen molar-refractivity contribution >= 4 is 39.1 Å². The molecule has 1 aliphatic carbocycles. The molecule has 0 amide bonds. The molecule has 1 aliphatic rings. The SMILES string of the molecule is CCCCNc1nc(SC)nc2sc3c(c12)CCCC3. The maximum absolute atomic E-state index is 4.72. The first-order valence-electron chi connectivity index (χ1n) is 7.43. The average Bonchev–Trinajstić information content (AvgIpc) is 2.85. The van der Waals surface area contributed by atoms with E-state index in [1.54, 1.807) is 11.8 Å². The highest BCUT2D eigenvalue weighted by Gasteiger charge is 2.20. The summed E-state index contributed by atoms with van der Waals surface area (Å²) in [5, 5.41) is 5.73. The molecule has 1 N–H and O–H groups in total. The van der Waals surface area contributed by atoms with E-state index in [4.69, 9.17) is 9.97 Å². The van der Waals surface area contributed by atoms with Crippen molar-refractivity contribution in [3.63, 3.8) is 0 Å². The van der Waals surface area contributed by atoms with Crippen molar-refractivity contribution in [1.82, 2.24) is 9.97 Å². The largest absolute Gasteiger partial charge is 0.369 e. The fraction of sp³-hybridized carbons (Fsp3) is 0.600. The lowest BCUT2D eigenvalue weighted by atomic mass is 9.97. The number of aromatic nitrogens is 2. The Morgan fingerprint density at radius 2 is 2.10 bits per heavy atom. The Morgan fingerprint density at radius 1 is 1.25 bits per heavy atom. The van der Waals surface area contributed by atoms with Gasteiger partial charge in [-0.1, -0.05) is 25.1 Å². The minimum absolute atomic E-state index is 0.884. The lowest BCUT2D eigenvalue weighted by Crippen LogP contribution is -2.06. The van der Waals surface area contributed by atoms with E-state index in [0.717, 1.165) is 17.5 Å². The van der Waals surface area contributed by atoms with Crippen molar-refractivity contribution in [3.8, 4) is 0 Å². The molecular formula is C15H21N3S2. The van der Waals surface area contributed by atoms with Crippen LogP contribution in [0.5, 0.6) is 0 Å². The number of fused-ring (bicyclic) bond motifs is 3. The normalized spacial score (nSPS) is 14.5. The minimum atomic E-state index is 0.884. The van der Waals surface area contributed by atoms with E-state index in [1.165, 1.54) is 59.2 Å². The number of thiophene rings is 1. The van der Waals surface area contributed by atoms with Gasteiger partial charge in [0.15, 0.2) is 5.16 Å². The first-order chi connectivity index (χ1) is 9.83. The zero-order chi connectivity index (χ0) is 13.9. The van der Waals surface area contributed by atoms with E-state index in [1.807, 2.05) is 17.6 Å². The number of hydrogen-bond acceptors (Lipinski definition) is 5. The predicted molar refractivity (Wildman–Crippen MR) is 89.2 cm³/mol. The number of nitrogens with one attached hydrogen (secondary N) is 1. The van der Waals surface area contributed by atoms with Crippen LogP contribution in [0.3, 0.4) is 0 Å². The highest BCUT2D eigenvalue weighted by Crippen LogP contribution is 2.39. The summed E-state index contributed by atoms with van der Waals surface area (Å²) in [6, 6.07) is 0. The second-order valence-electron chi connectivity index (χ2n) is 5.23. The summed E-state index contributed by atoms with van der Waals surface area (Å²) < 4.78 is 0. The van der Waals surface area contributed by atoms with Gasteiger partial charge in [0.1, 0.15) is 10.6 Å². The standard InChI is InChI=1S/C15H21N3S2/c1-3-4-9-16-13-12-10-7-5-6-8-11(10)20-14(12)18-15(17-13)19-2/h3-9H2,1-2H3,(H,16,17,18). The molecule has 0 atom stereocenters. The van der Waals surface area contributed by atoms with Crippen LogP contribution in [0, 0.1) is 0 Å². The molecule has 0 radical (unpaired) electrons. The number of rotatable bonds is 5. The molecule has 2 aromatic heterocycles. The molecule has 3 nitrogen and oxygen atoms in total. The van der Waals surface area contributed by atoms with Gasteiger partial charge in [0.2, 0.25) is 0 Å². The third-order valence-electron chi connectivity index (χ3n) is 3.80. The summed E-state index contributed by atoms with van der Waals surface area (Å²) in [6.07, 6.45) is 9.48. The molecule has 20 heavy (non-hydrogen) atoms. The molecule has 0 fully saturated rings. The van der Waals surface area contributed by atoms with E-state index in [9.17, 15) is 0 Å². The quantitative estimate of drug-likeness (QED) is 0.501. The van der Waals surface area contributed by atoms with Crippen LogP contribution in [0.4, 0.5) is 5.82 Å². The molecule has 2 heterocycles. The van der Waals surface area contributed by atoms with Gasteiger partial charge < -0.3 is 5.32 Å². The van der Waals surface area contributed by atoms with Crippen LogP contribution in [-0.4, -0.2) is 22.8 Å². The van der Waals surface area contributed by atoms with Gasteiger partial charge in [0.05, 0.1) is 5.39 Å². The Hall–Kier alpha value is -0.810. The van der Waals surface area contributed by atoms with Gasteiger partial charge in [-0.15, -0.1) is 11.3 Å². The van der Waals surface area contributed by atoms with E-state index < -0.39 is 0 Å². The van der Waals surface area contributed by atoms with Crippen molar-refractivity contribution in [1.29, 1.82) is 0 Å². The Morgan fingerprint density at radius 3 is 2.90 bits per heavy atom. The van der Waals surface area contributed by atoms with Gasteiger partial charge in [0, 0.05) is 11.4 Å². The van der Waals surface area contributed by atoms with Crippen molar-refractivity contribution in [2.45, 2.75) is 50.6 Å². The van der Waals surface area contributed by atoms with Gasteiger partial charge in [-0.25, -0.2) is 9.97 Å². The number of unbranched alkanes of at least 4 members (excludes halogenated alkanes) is 1. The van der Waals surface area contributed by atoms with E-state index >= 15 is 0 Å². The third kappa shape index (κ3) is 2.66. The lowest BCUT2D eigenvalue weighted by molar-refractivity contribution is 0.700. The second kappa shape index (κ2) is 6.31. The fourth-order valence-electron chi connectivity index (χ4n) is 2.74. The Kier molecular flexibility index (Phi) is 4.46. The maximum Gasteiger partial charge on any atom is 0.190 e. The van der Waals surface area contributed by atoms with Crippen LogP contribution < -0.4 is 5.32 Å². The average molecular weight is 307 g/mol. The van der Waals surface area contributed by atoms with Crippen molar-refractivity contribution in [2.75, 3.05) is 18.1 Å². The predicted octanol–water partition coefficient (Wildman–Crippen LogP) is 4.50. The van der Waals surface area contributed by atoms with Crippen LogP contribution in [0.15, 0.2) is 5.16 Å². The monoisotopic (exact) mass is 307 g/mol. The summed E-state index contributed by atoms with van der Waals surface area (Å²) >= 11 is 3.51. The summed E-state index contributed by atoms with van der Waals surface area (Å²) in [5.41, 5.74) is 1.52. The Bertz CT molecular complexity index is 607. The van der Waals surface area contributed by atoms with Gasteiger partial charge in [-0.05, 0) is 43.9 Å². The Balaban J connectivity index is 2.06. The first-order valence-corrected chi connectivity index (χ1v) is 9.47. The number of hydrogen-bond donors (Lipinski definition) is 1. The van der Waals surface area contributed by atoms with Crippen molar-refractivity contribution in [2.24, 2.45) is 0 Å². The van der Waals surface area contributed by atoms with Gasteiger partial charge >= 0.3 is 0 Å². The Labute approximate surface area is 128 Å². The molecule has 0 unspecified atom stereocenters. The van der Waals surface area contributed by atoms with Crippen LogP contribution in [-0.2, 0) is 12.8 Å². The highest BCUT2D eigenvalue weighted by atomic mass is 32.2. The third-order valence-corrected chi connectivity index (χ3v) is 5.53. The fourth-order valence-corrected chi connectivity index (χ4v) is 4.42. The number of anilines is 1. The molecule has 108 valence electrons. The summed E-state index contributed by atoms with van der Waals surface area (Å²) in [4.78, 5) is 12.2. The van der Waals surface area contributed by atoms with E-state index in [0.29, 0.717) is 0 Å². The maximum atomic E-state index is 4.72. The molecule has 5 heteroatoms. The molecule has 0 saturated carbocycles. The molecule has 0 aliphatic heterocycles. The van der Waals surface area contributed by atoms with Crippen LogP contribution >= 0.6 is 23.1 Å². The number of nitrogens with zero attached hydrogens (tertiary/aromatic N) is 2. The lowest BCUT2D eigenvalue weighted by Gasteiger charge is -2.13. The zero-order valence-electron chi connectivity index (χ0n) is 12.2. The topological polar surface area (TPSA) is 37.8 Å². The number of thioether (sulfide) groups is 1. The van der Waals surface area contributed by atoms with Crippen molar-refractivity contribution in [3.05, 3.63) is 10.4 Å².